The zero-order chi connectivity index (χ0) is 13.8. The van der Waals surface area contributed by atoms with Crippen molar-refractivity contribution in [2.24, 2.45) is 0 Å². The average molecular weight is 264 g/mol. The molecular formula is C15H24N2O2. The van der Waals surface area contributed by atoms with Crippen LogP contribution < -0.4 is 15.0 Å². The molecule has 0 spiro atoms. The zero-order valence-corrected chi connectivity index (χ0v) is 12.0. The van der Waals surface area contributed by atoms with E-state index in [-0.39, 0.29) is 12.6 Å². The molecule has 1 aromatic carbocycles. The van der Waals surface area contributed by atoms with E-state index < -0.39 is 0 Å². The maximum Gasteiger partial charge on any atom is 0.142 e. The van der Waals surface area contributed by atoms with Crippen molar-refractivity contribution >= 4 is 5.69 Å². The Labute approximate surface area is 115 Å². The summed E-state index contributed by atoms with van der Waals surface area (Å²) >= 11 is 0. The number of anilines is 1. The van der Waals surface area contributed by atoms with Crippen molar-refractivity contribution in [1.82, 2.24) is 5.32 Å². The number of methoxy groups -OCH3 is 1. The van der Waals surface area contributed by atoms with E-state index in [0.29, 0.717) is 6.04 Å². The number of ether oxygens (including phenoxy) is 1. The molecule has 0 aliphatic carbocycles. The van der Waals surface area contributed by atoms with Gasteiger partial charge in [-0.2, -0.15) is 0 Å². The van der Waals surface area contributed by atoms with Gasteiger partial charge >= 0.3 is 0 Å². The highest BCUT2D eigenvalue weighted by Gasteiger charge is 2.24. The lowest BCUT2D eigenvalue weighted by Crippen LogP contribution is -2.42. The summed E-state index contributed by atoms with van der Waals surface area (Å²) in [4.78, 5) is 2.34. The second kappa shape index (κ2) is 6.26. The molecule has 4 nitrogen and oxygen atoms in total. The maximum absolute atomic E-state index is 9.43. The first-order chi connectivity index (χ1) is 9.15. The fourth-order valence-corrected chi connectivity index (χ4v) is 2.62. The molecule has 19 heavy (non-hydrogen) atoms. The van der Waals surface area contributed by atoms with Crippen molar-refractivity contribution in [3.05, 3.63) is 23.8 Å². The number of aliphatic hydroxyl groups is 1. The minimum absolute atomic E-state index is 0.121. The highest BCUT2D eigenvalue weighted by molar-refractivity contribution is 5.61. The predicted molar refractivity (Wildman–Crippen MR) is 78.0 cm³/mol. The van der Waals surface area contributed by atoms with E-state index in [1.54, 1.807) is 7.11 Å². The van der Waals surface area contributed by atoms with Crippen LogP contribution in [0.3, 0.4) is 0 Å². The van der Waals surface area contributed by atoms with Crippen molar-refractivity contribution in [3.8, 4) is 5.75 Å². The SMILES string of the molecule is COc1ccc(C)cc1N1CC(CO)NCCC1C. The number of hydrogen-bond acceptors (Lipinski definition) is 4. The summed E-state index contributed by atoms with van der Waals surface area (Å²) in [7, 11) is 1.71. The molecule has 2 rings (SSSR count). The first-order valence-corrected chi connectivity index (χ1v) is 6.91. The molecule has 2 N–H and O–H groups in total. The second-order valence-corrected chi connectivity index (χ2v) is 5.30. The van der Waals surface area contributed by atoms with Gasteiger partial charge in [-0.15, -0.1) is 0 Å². The van der Waals surface area contributed by atoms with Gasteiger partial charge < -0.3 is 20.1 Å². The fraction of sp³-hybridized carbons (Fsp3) is 0.600. The van der Waals surface area contributed by atoms with Gasteiger partial charge in [-0.25, -0.2) is 0 Å². The highest BCUT2D eigenvalue weighted by atomic mass is 16.5. The van der Waals surface area contributed by atoms with Crippen LogP contribution in [0.4, 0.5) is 5.69 Å². The summed E-state index contributed by atoms with van der Waals surface area (Å²) in [6.45, 7) is 6.22. The summed E-state index contributed by atoms with van der Waals surface area (Å²) in [5.41, 5.74) is 2.35. The fourth-order valence-electron chi connectivity index (χ4n) is 2.62. The Kier molecular flexibility index (Phi) is 4.66. The summed E-state index contributed by atoms with van der Waals surface area (Å²) in [5.74, 6) is 0.899. The molecule has 1 aliphatic rings. The summed E-state index contributed by atoms with van der Waals surface area (Å²) in [6.07, 6.45) is 1.06. The molecule has 1 fully saturated rings. The first kappa shape index (κ1) is 14.2. The van der Waals surface area contributed by atoms with E-state index in [1.807, 2.05) is 6.07 Å². The van der Waals surface area contributed by atoms with Gasteiger partial charge in [0.15, 0.2) is 0 Å². The molecule has 1 saturated heterocycles. The van der Waals surface area contributed by atoms with Gasteiger partial charge in [-0.05, 0) is 44.5 Å². The molecular weight excluding hydrogens is 240 g/mol. The van der Waals surface area contributed by atoms with Gasteiger partial charge in [-0.3, -0.25) is 0 Å². The van der Waals surface area contributed by atoms with Crippen LogP contribution in [0.25, 0.3) is 0 Å². The molecule has 0 radical (unpaired) electrons. The number of aliphatic hydroxyl groups excluding tert-OH is 1. The largest absolute Gasteiger partial charge is 0.495 e. The molecule has 1 heterocycles. The highest BCUT2D eigenvalue weighted by Crippen LogP contribution is 2.32. The Balaban J connectivity index is 2.33. The monoisotopic (exact) mass is 264 g/mol. The van der Waals surface area contributed by atoms with E-state index in [4.69, 9.17) is 4.74 Å². The van der Waals surface area contributed by atoms with E-state index in [1.165, 1.54) is 5.56 Å². The van der Waals surface area contributed by atoms with Gasteiger partial charge in [0.1, 0.15) is 5.75 Å². The number of nitrogens with one attached hydrogen (secondary N) is 1. The van der Waals surface area contributed by atoms with Gasteiger partial charge in [-0.1, -0.05) is 6.07 Å². The third kappa shape index (κ3) is 3.19. The molecule has 1 aromatic rings. The lowest BCUT2D eigenvalue weighted by atomic mass is 10.1. The minimum atomic E-state index is 0.121. The zero-order valence-electron chi connectivity index (χ0n) is 12.0. The Morgan fingerprint density at radius 2 is 2.26 bits per heavy atom. The van der Waals surface area contributed by atoms with Crippen LogP contribution in [-0.2, 0) is 0 Å². The number of aryl methyl sites for hydroxylation is 1. The molecule has 2 unspecified atom stereocenters. The van der Waals surface area contributed by atoms with Gasteiger partial charge in [0, 0.05) is 18.6 Å². The summed E-state index contributed by atoms with van der Waals surface area (Å²) in [5, 5.41) is 12.8. The quantitative estimate of drug-likeness (QED) is 0.869. The summed E-state index contributed by atoms with van der Waals surface area (Å²) in [6, 6.07) is 6.79. The molecule has 1 aliphatic heterocycles. The third-order valence-corrected chi connectivity index (χ3v) is 3.81. The Bertz CT molecular complexity index is 423. The molecule has 4 heteroatoms. The first-order valence-electron chi connectivity index (χ1n) is 6.91. The lowest BCUT2D eigenvalue weighted by Gasteiger charge is -2.32. The predicted octanol–water partition coefficient (Wildman–Crippen LogP) is 1.55. The van der Waals surface area contributed by atoms with Crippen LogP contribution in [0.2, 0.25) is 0 Å². The van der Waals surface area contributed by atoms with E-state index >= 15 is 0 Å². The normalized spacial score (nSPS) is 24.1. The standard InChI is InChI=1S/C15H24N2O2/c1-11-4-5-15(19-3)14(8-11)17-9-13(10-18)16-7-6-12(17)2/h4-5,8,12-13,16,18H,6-7,9-10H2,1-3H3. The van der Waals surface area contributed by atoms with Crippen LogP contribution >= 0.6 is 0 Å². The Morgan fingerprint density at radius 1 is 1.47 bits per heavy atom. The van der Waals surface area contributed by atoms with Crippen molar-refractivity contribution < 1.29 is 9.84 Å². The second-order valence-electron chi connectivity index (χ2n) is 5.30. The van der Waals surface area contributed by atoms with Crippen LogP contribution in [0.5, 0.6) is 5.75 Å². The molecule has 0 saturated carbocycles. The Hall–Kier alpha value is -1.26. The van der Waals surface area contributed by atoms with Crippen molar-refractivity contribution in [2.75, 3.05) is 31.7 Å². The van der Waals surface area contributed by atoms with Crippen molar-refractivity contribution in [2.45, 2.75) is 32.4 Å². The van der Waals surface area contributed by atoms with E-state index in [9.17, 15) is 5.11 Å². The van der Waals surface area contributed by atoms with Crippen LogP contribution in [0.1, 0.15) is 18.9 Å². The topological polar surface area (TPSA) is 44.7 Å². The third-order valence-electron chi connectivity index (χ3n) is 3.81. The number of benzene rings is 1. The van der Waals surface area contributed by atoms with E-state index in [2.05, 4.69) is 36.2 Å². The maximum atomic E-state index is 9.43. The van der Waals surface area contributed by atoms with Crippen LogP contribution in [-0.4, -0.2) is 44.0 Å². The molecule has 106 valence electrons. The van der Waals surface area contributed by atoms with Gasteiger partial charge in [0.25, 0.3) is 0 Å². The van der Waals surface area contributed by atoms with Crippen molar-refractivity contribution in [3.63, 3.8) is 0 Å². The van der Waals surface area contributed by atoms with Crippen LogP contribution in [0, 0.1) is 6.92 Å². The number of hydrogen-bond donors (Lipinski definition) is 2. The number of rotatable bonds is 3. The lowest BCUT2D eigenvalue weighted by molar-refractivity contribution is 0.248. The van der Waals surface area contributed by atoms with Gasteiger partial charge in [0.2, 0.25) is 0 Å². The molecule has 0 aromatic heterocycles. The average Bonchev–Trinajstić information content (AvgIpc) is 2.60. The molecule has 2 atom stereocenters. The minimum Gasteiger partial charge on any atom is -0.495 e. The van der Waals surface area contributed by atoms with E-state index in [0.717, 1.165) is 30.9 Å². The molecule has 0 bridgehead atoms. The Morgan fingerprint density at radius 3 is 2.95 bits per heavy atom. The molecule has 0 amide bonds. The summed E-state index contributed by atoms with van der Waals surface area (Å²) < 4.78 is 5.49. The van der Waals surface area contributed by atoms with Crippen LogP contribution in [0.15, 0.2) is 18.2 Å². The van der Waals surface area contributed by atoms with Gasteiger partial charge in [0.05, 0.1) is 19.4 Å². The number of nitrogens with zero attached hydrogens (tertiary/aromatic N) is 1. The van der Waals surface area contributed by atoms with Crippen molar-refractivity contribution in [1.29, 1.82) is 0 Å². The smallest absolute Gasteiger partial charge is 0.142 e.